The van der Waals surface area contributed by atoms with Crippen molar-refractivity contribution in [3.63, 3.8) is 0 Å². The van der Waals surface area contributed by atoms with Crippen molar-refractivity contribution in [3.05, 3.63) is 23.8 Å². The molecule has 24 heavy (non-hydrogen) atoms. The monoisotopic (exact) mass is 336 g/mol. The van der Waals surface area contributed by atoms with Crippen LogP contribution in [0.4, 0.5) is 0 Å². The largest absolute Gasteiger partial charge is 0.497 e. The van der Waals surface area contributed by atoms with Gasteiger partial charge in [0.05, 0.1) is 32.3 Å². The van der Waals surface area contributed by atoms with Gasteiger partial charge < -0.3 is 24.8 Å². The number of ether oxygens (including phenoxy) is 3. The normalized spacial score (nSPS) is 17.8. The lowest BCUT2D eigenvalue weighted by Gasteiger charge is -2.36. The van der Waals surface area contributed by atoms with E-state index in [2.05, 4.69) is 10.6 Å². The van der Waals surface area contributed by atoms with Crippen LogP contribution in [0.25, 0.3) is 0 Å². The second-order valence-electron chi connectivity index (χ2n) is 6.27. The SMILES string of the molecule is COCC1(C(=O)NC(C)c2cc(OC)ccc2OC)CCNCC1. The zero-order valence-corrected chi connectivity index (χ0v) is 15.0. The van der Waals surface area contributed by atoms with Crippen LogP contribution in [-0.2, 0) is 9.53 Å². The third-order valence-corrected chi connectivity index (χ3v) is 4.71. The Morgan fingerprint density at radius 1 is 1.25 bits per heavy atom. The molecule has 0 bridgehead atoms. The minimum atomic E-state index is -0.472. The van der Waals surface area contributed by atoms with E-state index in [9.17, 15) is 4.79 Å². The first-order chi connectivity index (χ1) is 11.6. The second-order valence-corrected chi connectivity index (χ2v) is 6.27. The number of benzene rings is 1. The van der Waals surface area contributed by atoms with E-state index in [-0.39, 0.29) is 11.9 Å². The Hall–Kier alpha value is -1.79. The third-order valence-electron chi connectivity index (χ3n) is 4.71. The van der Waals surface area contributed by atoms with E-state index in [4.69, 9.17) is 14.2 Å². The Kier molecular flexibility index (Phi) is 6.45. The Balaban J connectivity index is 2.18. The molecule has 134 valence electrons. The molecule has 0 saturated carbocycles. The number of hydrogen-bond acceptors (Lipinski definition) is 5. The number of piperidine rings is 1. The predicted molar refractivity (Wildman–Crippen MR) is 92.5 cm³/mol. The van der Waals surface area contributed by atoms with Gasteiger partial charge >= 0.3 is 0 Å². The summed E-state index contributed by atoms with van der Waals surface area (Å²) in [5.74, 6) is 1.50. The zero-order valence-electron chi connectivity index (χ0n) is 15.0. The molecule has 0 aromatic heterocycles. The number of hydrogen-bond donors (Lipinski definition) is 2. The Morgan fingerprint density at radius 3 is 2.54 bits per heavy atom. The molecule has 0 aliphatic carbocycles. The maximum Gasteiger partial charge on any atom is 0.229 e. The molecule has 1 fully saturated rings. The standard InChI is InChI=1S/C18H28N2O4/c1-13(15-11-14(23-3)5-6-16(15)24-4)20-17(21)18(12-22-2)7-9-19-10-8-18/h5-6,11,13,19H,7-10,12H2,1-4H3,(H,20,21). The Morgan fingerprint density at radius 2 is 1.96 bits per heavy atom. The molecule has 6 heteroatoms. The molecule has 6 nitrogen and oxygen atoms in total. The molecule has 1 aromatic rings. The highest BCUT2D eigenvalue weighted by Crippen LogP contribution is 2.33. The molecule has 1 aliphatic heterocycles. The van der Waals surface area contributed by atoms with Crippen molar-refractivity contribution in [1.82, 2.24) is 10.6 Å². The van der Waals surface area contributed by atoms with Gasteiger partial charge in [0.15, 0.2) is 0 Å². The summed E-state index contributed by atoms with van der Waals surface area (Å²) in [6, 6.07) is 5.41. The van der Waals surface area contributed by atoms with Crippen LogP contribution in [-0.4, -0.2) is 46.9 Å². The smallest absolute Gasteiger partial charge is 0.229 e. The first-order valence-corrected chi connectivity index (χ1v) is 8.29. The number of rotatable bonds is 7. The van der Waals surface area contributed by atoms with E-state index < -0.39 is 5.41 Å². The molecule has 1 aliphatic rings. The fourth-order valence-corrected chi connectivity index (χ4v) is 3.22. The van der Waals surface area contributed by atoms with Gasteiger partial charge in [0.1, 0.15) is 11.5 Å². The number of amides is 1. The van der Waals surface area contributed by atoms with E-state index in [0.717, 1.165) is 43.0 Å². The summed E-state index contributed by atoms with van der Waals surface area (Å²) in [5, 5.41) is 6.43. The van der Waals surface area contributed by atoms with Gasteiger partial charge in [-0.25, -0.2) is 0 Å². The summed E-state index contributed by atoms with van der Waals surface area (Å²) in [6.45, 7) is 4.04. The van der Waals surface area contributed by atoms with Crippen LogP contribution in [0.1, 0.15) is 31.4 Å². The van der Waals surface area contributed by atoms with Gasteiger partial charge in [-0.05, 0) is 51.1 Å². The van der Waals surface area contributed by atoms with Crippen molar-refractivity contribution in [2.24, 2.45) is 5.41 Å². The van der Waals surface area contributed by atoms with Gasteiger partial charge in [0.2, 0.25) is 5.91 Å². The highest BCUT2D eigenvalue weighted by Gasteiger charge is 2.40. The fourth-order valence-electron chi connectivity index (χ4n) is 3.22. The summed E-state index contributed by atoms with van der Waals surface area (Å²) in [4.78, 5) is 13.0. The van der Waals surface area contributed by atoms with Gasteiger partial charge in [-0.3, -0.25) is 4.79 Å². The van der Waals surface area contributed by atoms with Crippen molar-refractivity contribution >= 4 is 5.91 Å². The summed E-state index contributed by atoms with van der Waals surface area (Å²) >= 11 is 0. The first kappa shape index (κ1) is 18.5. The van der Waals surface area contributed by atoms with Crippen LogP contribution in [0.5, 0.6) is 11.5 Å². The van der Waals surface area contributed by atoms with Crippen molar-refractivity contribution in [1.29, 1.82) is 0 Å². The van der Waals surface area contributed by atoms with Crippen molar-refractivity contribution in [2.75, 3.05) is 41.0 Å². The second kappa shape index (κ2) is 8.35. The predicted octanol–water partition coefficient (Wildman–Crippen LogP) is 1.90. The average Bonchev–Trinajstić information content (AvgIpc) is 2.62. The van der Waals surface area contributed by atoms with Crippen molar-refractivity contribution in [2.45, 2.75) is 25.8 Å². The lowest BCUT2D eigenvalue weighted by molar-refractivity contribution is -0.136. The highest BCUT2D eigenvalue weighted by molar-refractivity contribution is 5.83. The van der Waals surface area contributed by atoms with E-state index in [1.54, 1.807) is 21.3 Å². The minimum absolute atomic E-state index is 0.0308. The molecule has 0 spiro atoms. The molecule has 1 aromatic carbocycles. The van der Waals surface area contributed by atoms with E-state index in [0.29, 0.717) is 6.61 Å². The van der Waals surface area contributed by atoms with Crippen LogP contribution in [0.2, 0.25) is 0 Å². The molecule has 1 unspecified atom stereocenters. The van der Waals surface area contributed by atoms with Crippen LogP contribution in [0.3, 0.4) is 0 Å². The number of carbonyl (C=O) groups excluding carboxylic acids is 1. The molecule has 1 atom stereocenters. The zero-order chi connectivity index (χ0) is 17.6. The van der Waals surface area contributed by atoms with Gasteiger partial charge in [-0.2, -0.15) is 0 Å². The topological polar surface area (TPSA) is 68.8 Å². The highest BCUT2D eigenvalue weighted by atomic mass is 16.5. The summed E-state index contributed by atoms with van der Waals surface area (Å²) in [6.07, 6.45) is 1.54. The molecule has 1 amide bonds. The maximum absolute atomic E-state index is 13.0. The Labute approximate surface area is 143 Å². The van der Waals surface area contributed by atoms with Crippen LogP contribution >= 0.6 is 0 Å². The minimum Gasteiger partial charge on any atom is -0.497 e. The van der Waals surface area contributed by atoms with Gasteiger partial charge in [-0.1, -0.05) is 0 Å². The lowest BCUT2D eigenvalue weighted by Crippen LogP contribution is -2.50. The van der Waals surface area contributed by atoms with E-state index >= 15 is 0 Å². The van der Waals surface area contributed by atoms with Gasteiger partial charge in [-0.15, -0.1) is 0 Å². The summed E-state index contributed by atoms with van der Waals surface area (Å²) < 4.78 is 16.1. The lowest BCUT2D eigenvalue weighted by atomic mass is 9.78. The first-order valence-electron chi connectivity index (χ1n) is 8.29. The molecule has 0 radical (unpaired) electrons. The maximum atomic E-state index is 13.0. The molecular weight excluding hydrogens is 308 g/mol. The van der Waals surface area contributed by atoms with E-state index in [1.807, 2.05) is 25.1 Å². The number of nitrogens with one attached hydrogen (secondary N) is 2. The Bertz CT molecular complexity index is 550. The number of carbonyl (C=O) groups is 1. The fraction of sp³-hybridized carbons (Fsp3) is 0.611. The summed E-state index contributed by atoms with van der Waals surface area (Å²) in [7, 11) is 4.89. The average molecular weight is 336 g/mol. The molecule has 2 rings (SSSR count). The third kappa shape index (κ3) is 3.99. The molecule has 1 heterocycles. The van der Waals surface area contributed by atoms with Gasteiger partial charge in [0.25, 0.3) is 0 Å². The van der Waals surface area contributed by atoms with Gasteiger partial charge in [0, 0.05) is 12.7 Å². The summed E-state index contributed by atoms with van der Waals surface area (Å²) in [5.41, 5.74) is 0.423. The van der Waals surface area contributed by atoms with E-state index in [1.165, 1.54) is 0 Å². The molecular formula is C18H28N2O4. The molecule has 2 N–H and O–H groups in total. The van der Waals surface area contributed by atoms with Crippen LogP contribution in [0.15, 0.2) is 18.2 Å². The number of methoxy groups -OCH3 is 3. The quantitative estimate of drug-likeness (QED) is 0.796. The molecule has 1 saturated heterocycles. The van der Waals surface area contributed by atoms with Crippen molar-refractivity contribution in [3.8, 4) is 11.5 Å². The van der Waals surface area contributed by atoms with Crippen LogP contribution in [0, 0.1) is 5.41 Å². The van der Waals surface area contributed by atoms with Crippen LogP contribution < -0.4 is 20.1 Å². The van der Waals surface area contributed by atoms with Crippen molar-refractivity contribution < 1.29 is 19.0 Å².